The second kappa shape index (κ2) is 6.70. The third-order valence-corrected chi connectivity index (χ3v) is 4.81. The third kappa shape index (κ3) is 3.05. The van der Waals surface area contributed by atoms with Crippen molar-refractivity contribution in [3.8, 4) is 0 Å². The molecule has 0 aromatic heterocycles. The van der Waals surface area contributed by atoms with E-state index in [1.54, 1.807) is 0 Å². The van der Waals surface area contributed by atoms with Crippen LogP contribution in [0, 0.1) is 0 Å². The average molecular weight is 273 g/mol. The van der Waals surface area contributed by atoms with Crippen molar-refractivity contribution >= 4 is 0 Å². The lowest BCUT2D eigenvalue weighted by molar-refractivity contribution is 0.0489. The van der Waals surface area contributed by atoms with E-state index in [1.165, 1.54) is 57.7 Å². The number of nitrogens with zero attached hydrogens (tertiary/aromatic N) is 2. The fourth-order valence-electron chi connectivity index (χ4n) is 3.45. The Bertz CT molecular complexity index is 394. The van der Waals surface area contributed by atoms with Crippen LogP contribution in [0.25, 0.3) is 0 Å². The van der Waals surface area contributed by atoms with Gasteiger partial charge in [0.1, 0.15) is 0 Å². The van der Waals surface area contributed by atoms with Crippen molar-refractivity contribution in [2.75, 3.05) is 39.3 Å². The van der Waals surface area contributed by atoms with Gasteiger partial charge in [0.15, 0.2) is 0 Å². The summed E-state index contributed by atoms with van der Waals surface area (Å²) in [5.41, 5.74) is 1.49. The summed E-state index contributed by atoms with van der Waals surface area (Å²) in [6, 6.07) is 12.5. The number of benzene rings is 1. The number of hydrogen-bond acceptors (Lipinski definition) is 3. The van der Waals surface area contributed by atoms with Gasteiger partial charge in [-0.05, 0) is 12.0 Å². The van der Waals surface area contributed by atoms with E-state index in [0.29, 0.717) is 6.04 Å². The molecule has 1 aromatic rings. The average Bonchev–Trinajstić information content (AvgIpc) is 2.45. The molecule has 2 aliphatic rings. The highest BCUT2D eigenvalue weighted by atomic mass is 15.3. The summed E-state index contributed by atoms with van der Waals surface area (Å²) < 4.78 is 0. The summed E-state index contributed by atoms with van der Waals surface area (Å²) >= 11 is 0. The van der Waals surface area contributed by atoms with Crippen LogP contribution in [0.4, 0.5) is 0 Å². The highest BCUT2D eigenvalue weighted by Crippen LogP contribution is 2.27. The molecular formula is C17H27N3. The number of nitrogens with one attached hydrogen (secondary N) is 1. The predicted octanol–water partition coefficient (Wildman–Crippen LogP) is 2.12. The maximum Gasteiger partial charge on any atom is 0.0349 e. The van der Waals surface area contributed by atoms with Crippen LogP contribution >= 0.6 is 0 Å². The second-order valence-electron chi connectivity index (χ2n) is 6.10. The van der Waals surface area contributed by atoms with Gasteiger partial charge in [0, 0.05) is 51.4 Å². The van der Waals surface area contributed by atoms with E-state index in [4.69, 9.17) is 0 Å². The van der Waals surface area contributed by atoms with Crippen molar-refractivity contribution < 1.29 is 0 Å². The van der Waals surface area contributed by atoms with E-state index >= 15 is 0 Å². The Labute approximate surface area is 123 Å². The number of piperazine rings is 1. The maximum absolute atomic E-state index is 3.38. The zero-order valence-corrected chi connectivity index (χ0v) is 12.6. The van der Waals surface area contributed by atoms with Crippen LogP contribution in [-0.4, -0.2) is 55.1 Å². The molecule has 0 bridgehead atoms. The molecule has 2 saturated heterocycles. The van der Waals surface area contributed by atoms with Crippen LogP contribution < -0.4 is 5.32 Å². The SMILES string of the molecule is CCCC(c1ccccc1)N1CCN(C2CNC2)CC1. The topological polar surface area (TPSA) is 18.5 Å². The first kappa shape index (κ1) is 14.1. The van der Waals surface area contributed by atoms with E-state index in [1.807, 2.05) is 0 Å². The van der Waals surface area contributed by atoms with Crippen LogP contribution in [-0.2, 0) is 0 Å². The maximum atomic E-state index is 3.38. The van der Waals surface area contributed by atoms with Gasteiger partial charge in [-0.15, -0.1) is 0 Å². The largest absolute Gasteiger partial charge is 0.314 e. The van der Waals surface area contributed by atoms with Crippen LogP contribution in [0.2, 0.25) is 0 Å². The highest BCUT2D eigenvalue weighted by Gasteiger charge is 2.30. The smallest absolute Gasteiger partial charge is 0.0349 e. The van der Waals surface area contributed by atoms with E-state index in [0.717, 1.165) is 6.04 Å². The van der Waals surface area contributed by atoms with Crippen molar-refractivity contribution in [3.63, 3.8) is 0 Å². The van der Waals surface area contributed by atoms with Crippen LogP contribution in [0.1, 0.15) is 31.4 Å². The van der Waals surface area contributed by atoms with Crippen molar-refractivity contribution in [3.05, 3.63) is 35.9 Å². The Morgan fingerprint density at radius 1 is 1.10 bits per heavy atom. The van der Waals surface area contributed by atoms with Gasteiger partial charge in [-0.1, -0.05) is 43.7 Å². The third-order valence-electron chi connectivity index (χ3n) is 4.81. The fraction of sp³-hybridized carbons (Fsp3) is 0.647. The lowest BCUT2D eigenvalue weighted by atomic mass is 9.99. The zero-order chi connectivity index (χ0) is 13.8. The molecule has 0 amide bonds. The molecule has 1 N–H and O–H groups in total. The molecule has 0 radical (unpaired) electrons. The standard InChI is InChI=1S/C17H27N3/c1-2-6-17(15-7-4-3-5-8-15)20-11-9-19(10-12-20)16-13-18-14-16/h3-5,7-8,16-18H,2,6,9-14H2,1H3. The zero-order valence-electron chi connectivity index (χ0n) is 12.6. The molecule has 0 spiro atoms. The Morgan fingerprint density at radius 3 is 2.35 bits per heavy atom. The Morgan fingerprint density at radius 2 is 1.80 bits per heavy atom. The summed E-state index contributed by atoms with van der Waals surface area (Å²) in [5, 5.41) is 3.38. The van der Waals surface area contributed by atoms with Crippen molar-refractivity contribution in [2.24, 2.45) is 0 Å². The second-order valence-corrected chi connectivity index (χ2v) is 6.10. The summed E-state index contributed by atoms with van der Waals surface area (Å²) in [4.78, 5) is 5.36. The first-order chi connectivity index (χ1) is 9.88. The van der Waals surface area contributed by atoms with Gasteiger partial charge >= 0.3 is 0 Å². The Hall–Kier alpha value is -0.900. The lowest BCUT2D eigenvalue weighted by Crippen LogP contribution is -2.61. The molecule has 0 aliphatic carbocycles. The van der Waals surface area contributed by atoms with Crippen molar-refractivity contribution in [1.29, 1.82) is 0 Å². The molecule has 0 saturated carbocycles. The normalized spacial score (nSPS) is 23.4. The molecular weight excluding hydrogens is 246 g/mol. The molecule has 3 rings (SSSR count). The number of hydrogen-bond donors (Lipinski definition) is 1. The van der Waals surface area contributed by atoms with Gasteiger partial charge in [0.25, 0.3) is 0 Å². The predicted molar refractivity (Wildman–Crippen MR) is 83.9 cm³/mol. The van der Waals surface area contributed by atoms with Gasteiger partial charge in [-0.3, -0.25) is 9.80 Å². The number of rotatable bonds is 5. The molecule has 2 heterocycles. The first-order valence-electron chi connectivity index (χ1n) is 8.12. The molecule has 1 atom stereocenters. The van der Waals surface area contributed by atoms with E-state index in [9.17, 15) is 0 Å². The fourth-order valence-corrected chi connectivity index (χ4v) is 3.45. The van der Waals surface area contributed by atoms with E-state index in [-0.39, 0.29) is 0 Å². The minimum Gasteiger partial charge on any atom is -0.314 e. The molecule has 2 aliphatic heterocycles. The van der Waals surface area contributed by atoms with Crippen molar-refractivity contribution in [2.45, 2.75) is 31.8 Å². The monoisotopic (exact) mass is 273 g/mol. The summed E-state index contributed by atoms with van der Waals surface area (Å²) in [6.45, 7) is 9.59. The van der Waals surface area contributed by atoms with Crippen molar-refractivity contribution in [1.82, 2.24) is 15.1 Å². The van der Waals surface area contributed by atoms with Crippen LogP contribution in [0.15, 0.2) is 30.3 Å². The van der Waals surface area contributed by atoms with E-state index < -0.39 is 0 Å². The lowest BCUT2D eigenvalue weighted by Gasteiger charge is -2.45. The quantitative estimate of drug-likeness (QED) is 0.886. The summed E-state index contributed by atoms with van der Waals surface area (Å²) in [6.07, 6.45) is 2.53. The van der Waals surface area contributed by atoms with Crippen LogP contribution in [0.5, 0.6) is 0 Å². The van der Waals surface area contributed by atoms with Crippen LogP contribution in [0.3, 0.4) is 0 Å². The molecule has 1 aromatic carbocycles. The van der Waals surface area contributed by atoms with Gasteiger partial charge < -0.3 is 5.32 Å². The summed E-state index contributed by atoms with van der Waals surface area (Å²) in [5.74, 6) is 0. The van der Waals surface area contributed by atoms with Gasteiger partial charge in [-0.2, -0.15) is 0 Å². The first-order valence-corrected chi connectivity index (χ1v) is 8.12. The van der Waals surface area contributed by atoms with E-state index in [2.05, 4.69) is 52.4 Å². The molecule has 3 heteroatoms. The highest BCUT2D eigenvalue weighted by molar-refractivity contribution is 5.19. The van der Waals surface area contributed by atoms with Gasteiger partial charge in [-0.25, -0.2) is 0 Å². The molecule has 20 heavy (non-hydrogen) atoms. The minimum atomic E-state index is 0.614. The van der Waals surface area contributed by atoms with Gasteiger partial charge in [0.2, 0.25) is 0 Å². The minimum absolute atomic E-state index is 0.614. The summed E-state index contributed by atoms with van der Waals surface area (Å²) in [7, 11) is 0. The Balaban J connectivity index is 1.61. The molecule has 2 fully saturated rings. The Kier molecular flexibility index (Phi) is 4.71. The molecule has 3 nitrogen and oxygen atoms in total. The molecule has 1 unspecified atom stereocenters. The molecule has 110 valence electrons. The van der Waals surface area contributed by atoms with Gasteiger partial charge in [0.05, 0.1) is 0 Å².